The Morgan fingerprint density at radius 2 is 1.76 bits per heavy atom. The number of carbonyl (C=O) groups excluding carboxylic acids is 1. The Bertz CT molecular complexity index is 1560. The van der Waals surface area contributed by atoms with Gasteiger partial charge in [-0.2, -0.15) is 5.10 Å². The number of benzene rings is 4. The maximum Gasteiger partial charge on any atom is 0.271 e. The summed E-state index contributed by atoms with van der Waals surface area (Å²) in [5.74, 6) is 0.367. The molecule has 0 aliphatic rings. The summed E-state index contributed by atoms with van der Waals surface area (Å²) in [6.45, 7) is 4.08. The smallest absolute Gasteiger partial charge is 0.271 e. The van der Waals surface area contributed by atoms with E-state index < -0.39 is 0 Å². The van der Waals surface area contributed by atoms with Crippen molar-refractivity contribution in [1.29, 1.82) is 0 Å². The fourth-order valence-electron chi connectivity index (χ4n) is 3.80. The van der Waals surface area contributed by atoms with E-state index in [0.717, 1.165) is 38.4 Å². The van der Waals surface area contributed by atoms with E-state index in [1.54, 1.807) is 24.4 Å². The van der Waals surface area contributed by atoms with Crippen molar-refractivity contribution in [2.24, 2.45) is 5.10 Å². The van der Waals surface area contributed by atoms with Crippen LogP contribution < -0.4 is 15.5 Å². The first-order chi connectivity index (χ1) is 18.2. The Morgan fingerprint density at radius 3 is 2.57 bits per heavy atom. The molecule has 0 bridgehead atoms. The number of hydrogen-bond acceptors (Lipinski definition) is 6. The quantitative estimate of drug-likeness (QED) is 0.128. The number of thiazole rings is 1. The number of fused-ring (bicyclic) bond motifs is 1. The topological polar surface area (TPSA) is 75.6 Å². The maximum absolute atomic E-state index is 12.7. The van der Waals surface area contributed by atoms with Crippen molar-refractivity contribution in [3.8, 4) is 17.0 Å². The molecular weight excluding hydrogens is 480 g/mol. The minimum Gasteiger partial charge on any atom is -0.489 e. The van der Waals surface area contributed by atoms with Crippen LogP contribution in [0.1, 0.15) is 15.9 Å². The van der Waals surface area contributed by atoms with Gasteiger partial charge in [-0.25, -0.2) is 10.4 Å². The van der Waals surface area contributed by atoms with Crippen LogP contribution in [-0.4, -0.2) is 23.7 Å². The summed E-state index contributed by atoms with van der Waals surface area (Å²) >= 11 is 1.53. The third-order valence-corrected chi connectivity index (χ3v) is 6.38. The number of nitrogens with zero attached hydrogens (tertiary/aromatic N) is 2. The monoisotopic (exact) mass is 504 g/mol. The van der Waals surface area contributed by atoms with Crippen LogP contribution in [0.4, 0.5) is 10.8 Å². The van der Waals surface area contributed by atoms with Crippen LogP contribution in [0.15, 0.2) is 114 Å². The van der Waals surface area contributed by atoms with Crippen molar-refractivity contribution >= 4 is 45.0 Å². The number of ether oxygens (including phenoxy) is 1. The molecule has 6 nitrogen and oxygen atoms in total. The summed E-state index contributed by atoms with van der Waals surface area (Å²) in [5, 5.41) is 12.3. The summed E-state index contributed by atoms with van der Waals surface area (Å²) in [7, 11) is 0. The Hall–Kier alpha value is -4.75. The number of amides is 1. The number of hydrazone groups is 1. The number of aromatic nitrogens is 1. The molecule has 5 rings (SSSR count). The third kappa shape index (κ3) is 5.74. The van der Waals surface area contributed by atoms with E-state index in [2.05, 4.69) is 27.4 Å². The van der Waals surface area contributed by atoms with Gasteiger partial charge in [-0.3, -0.25) is 4.79 Å². The van der Waals surface area contributed by atoms with Gasteiger partial charge in [0.1, 0.15) is 12.4 Å². The first-order valence-corrected chi connectivity index (χ1v) is 12.6. The van der Waals surface area contributed by atoms with Crippen LogP contribution in [0, 0.1) is 0 Å². The summed E-state index contributed by atoms with van der Waals surface area (Å²) in [5.41, 5.74) is 6.66. The lowest BCUT2D eigenvalue weighted by Crippen LogP contribution is -2.17. The molecule has 37 heavy (non-hydrogen) atoms. The Balaban J connectivity index is 1.27. The average molecular weight is 505 g/mol. The average Bonchev–Trinajstić information content (AvgIpc) is 3.41. The molecule has 0 fully saturated rings. The van der Waals surface area contributed by atoms with Gasteiger partial charge in [0.25, 0.3) is 5.91 Å². The molecule has 0 atom stereocenters. The van der Waals surface area contributed by atoms with Crippen molar-refractivity contribution < 1.29 is 9.53 Å². The van der Waals surface area contributed by atoms with Gasteiger partial charge in [0, 0.05) is 27.8 Å². The zero-order valence-electron chi connectivity index (χ0n) is 19.9. The van der Waals surface area contributed by atoms with Crippen molar-refractivity contribution in [3.05, 3.63) is 120 Å². The highest BCUT2D eigenvalue weighted by Gasteiger charge is 2.10. The number of rotatable bonds is 9. The van der Waals surface area contributed by atoms with Crippen molar-refractivity contribution in [1.82, 2.24) is 10.4 Å². The second-order valence-corrected chi connectivity index (χ2v) is 8.96. The molecule has 0 unspecified atom stereocenters. The molecule has 7 heteroatoms. The molecule has 4 aromatic carbocycles. The van der Waals surface area contributed by atoms with Gasteiger partial charge in [0.05, 0.1) is 11.9 Å². The van der Waals surface area contributed by atoms with Gasteiger partial charge in [0.15, 0.2) is 5.13 Å². The zero-order chi connectivity index (χ0) is 25.5. The fraction of sp³-hybridized carbons (Fsp3) is 0.0333. The maximum atomic E-state index is 12.7. The van der Waals surface area contributed by atoms with E-state index in [9.17, 15) is 4.79 Å². The predicted octanol–water partition coefficient (Wildman–Crippen LogP) is 7.04. The molecule has 182 valence electrons. The predicted molar refractivity (Wildman–Crippen MR) is 152 cm³/mol. The third-order valence-electron chi connectivity index (χ3n) is 5.62. The van der Waals surface area contributed by atoms with Crippen LogP contribution in [0.25, 0.3) is 22.0 Å². The molecule has 2 N–H and O–H groups in total. The molecule has 5 aromatic rings. The molecule has 0 aliphatic carbocycles. The first-order valence-electron chi connectivity index (χ1n) is 11.7. The second kappa shape index (κ2) is 11.3. The van der Waals surface area contributed by atoms with Crippen LogP contribution in [-0.2, 0) is 0 Å². The van der Waals surface area contributed by atoms with Crippen LogP contribution in [0.2, 0.25) is 0 Å². The number of hydrogen-bond donors (Lipinski definition) is 2. The van der Waals surface area contributed by atoms with Crippen LogP contribution >= 0.6 is 11.3 Å². The molecular formula is C30H24N4O2S. The summed E-state index contributed by atoms with van der Waals surface area (Å²) in [6, 6.07) is 29.0. The lowest BCUT2D eigenvalue weighted by Gasteiger charge is -2.10. The zero-order valence-corrected chi connectivity index (χ0v) is 20.7. The van der Waals surface area contributed by atoms with Crippen molar-refractivity contribution in [3.63, 3.8) is 0 Å². The molecule has 0 saturated carbocycles. The van der Waals surface area contributed by atoms with E-state index >= 15 is 0 Å². The van der Waals surface area contributed by atoms with Crippen molar-refractivity contribution in [2.45, 2.75) is 0 Å². The van der Waals surface area contributed by atoms with Gasteiger partial charge in [0.2, 0.25) is 0 Å². The van der Waals surface area contributed by atoms with Crippen molar-refractivity contribution in [2.75, 3.05) is 11.9 Å². The minimum atomic E-state index is -0.304. The minimum absolute atomic E-state index is 0.304. The molecule has 1 aromatic heterocycles. The van der Waals surface area contributed by atoms with Gasteiger partial charge in [-0.1, -0.05) is 73.3 Å². The summed E-state index contributed by atoms with van der Waals surface area (Å²) in [6.07, 6.45) is 3.30. The Morgan fingerprint density at radius 1 is 0.973 bits per heavy atom. The molecule has 0 aliphatic heterocycles. The van der Waals surface area contributed by atoms with Gasteiger partial charge in [-0.15, -0.1) is 11.3 Å². The number of anilines is 2. The van der Waals surface area contributed by atoms with E-state index in [4.69, 9.17) is 4.74 Å². The molecule has 1 heterocycles. The molecule has 0 saturated heterocycles. The highest BCUT2D eigenvalue weighted by Crippen LogP contribution is 2.28. The normalized spacial score (nSPS) is 10.9. The lowest BCUT2D eigenvalue weighted by molar-refractivity contribution is 0.0955. The van der Waals surface area contributed by atoms with E-state index in [-0.39, 0.29) is 5.91 Å². The van der Waals surface area contributed by atoms with Gasteiger partial charge < -0.3 is 10.1 Å². The standard InChI is InChI=1S/C30H24N4O2S/c1-2-18-36-28-17-16-21-8-6-7-11-25(21)26(28)19-31-34-29(35)23-14-12-22(13-15-23)27-20-37-30(33-27)32-24-9-4-3-5-10-24/h2-17,19-20H,1,18H2,(H,32,33)(H,34,35)/b31-19-. The van der Waals surface area contributed by atoms with E-state index in [0.29, 0.717) is 17.9 Å². The number of para-hydroxylation sites is 1. The number of carbonyl (C=O) groups is 1. The highest BCUT2D eigenvalue weighted by molar-refractivity contribution is 7.14. The molecule has 0 radical (unpaired) electrons. The lowest BCUT2D eigenvalue weighted by atomic mass is 10.0. The van der Waals surface area contributed by atoms with Gasteiger partial charge >= 0.3 is 0 Å². The van der Waals surface area contributed by atoms with Gasteiger partial charge in [-0.05, 0) is 41.1 Å². The van der Waals surface area contributed by atoms with E-state index in [1.807, 2.05) is 84.2 Å². The molecule has 0 spiro atoms. The van der Waals surface area contributed by atoms with E-state index in [1.165, 1.54) is 11.3 Å². The summed E-state index contributed by atoms with van der Waals surface area (Å²) < 4.78 is 5.80. The molecule has 1 amide bonds. The van der Waals surface area contributed by atoms with Crippen LogP contribution in [0.5, 0.6) is 5.75 Å². The second-order valence-electron chi connectivity index (χ2n) is 8.10. The number of nitrogens with one attached hydrogen (secondary N) is 2. The fourth-order valence-corrected chi connectivity index (χ4v) is 4.54. The largest absolute Gasteiger partial charge is 0.489 e. The van der Waals surface area contributed by atoms with Crippen LogP contribution in [0.3, 0.4) is 0 Å². The first kappa shape index (κ1) is 24.0. The summed E-state index contributed by atoms with van der Waals surface area (Å²) in [4.78, 5) is 17.4. The Labute approximate surface area is 219 Å². The highest BCUT2D eigenvalue weighted by atomic mass is 32.1. The SMILES string of the molecule is C=CCOc1ccc2ccccc2c1/C=N\NC(=O)c1ccc(-c2csc(Nc3ccccc3)n2)cc1. The Kier molecular flexibility index (Phi) is 7.34.